The van der Waals surface area contributed by atoms with E-state index in [1.807, 2.05) is 0 Å². The van der Waals surface area contributed by atoms with Gasteiger partial charge in [-0.1, -0.05) is 29.8 Å². The summed E-state index contributed by atoms with van der Waals surface area (Å²) in [7, 11) is 1.49. The number of aromatic hydroxyl groups is 1. The Morgan fingerprint density at radius 3 is 2.16 bits per heavy atom. The van der Waals surface area contributed by atoms with Crippen molar-refractivity contribution < 1.29 is 34.2 Å². The number of aliphatic carboxylic acids is 1. The van der Waals surface area contributed by atoms with Gasteiger partial charge in [0.2, 0.25) is 5.91 Å². The number of hydrogen-bond acceptors (Lipinski definition) is 7. The Balaban J connectivity index is 1.80. The molecule has 6 N–H and O–H groups in total. The predicted molar refractivity (Wildman–Crippen MR) is 138 cm³/mol. The molecule has 0 fully saturated rings. The van der Waals surface area contributed by atoms with Crippen molar-refractivity contribution in [3.8, 4) is 5.75 Å². The molecule has 0 saturated carbocycles. The molecule has 0 aliphatic rings. The molecule has 0 aliphatic heterocycles. The molecule has 0 aliphatic carbocycles. The lowest BCUT2D eigenvalue weighted by atomic mass is 10.0. The standard InChI is InChI=1S/C26H23ClN4O7/c1-30(17-6-3-7-18(32)12-17)24(35)16-8-9-19(20(27)11-16)25(36)31(29)21(26(37)38)13-22(33)14-4-2-5-15(10-14)23(28)34/h2-12,21,32H,13,29H2,1H3,(H2,28,34)(H,37,38)/t21-/m0/s1. The van der Waals surface area contributed by atoms with E-state index < -0.39 is 41.9 Å². The molecule has 0 heterocycles. The summed E-state index contributed by atoms with van der Waals surface area (Å²) in [5, 5.41) is 19.5. The van der Waals surface area contributed by atoms with Crippen LogP contribution in [0, 0.1) is 0 Å². The van der Waals surface area contributed by atoms with Crippen molar-refractivity contribution in [2.24, 2.45) is 11.6 Å². The molecule has 0 aromatic heterocycles. The number of ketones is 1. The van der Waals surface area contributed by atoms with Gasteiger partial charge in [0.1, 0.15) is 5.75 Å². The number of rotatable bonds is 9. The normalized spacial score (nSPS) is 11.3. The Hall–Kier alpha value is -4.74. The van der Waals surface area contributed by atoms with Crippen molar-refractivity contribution in [2.75, 3.05) is 11.9 Å². The Kier molecular flexibility index (Phi) is 8.46. The summed E-state index contributed by atoms with van der Waals surface area (Å²) in [6.45, 7) is 0. The van der Waals surface area contributed by atoms with Gasteiger partial charge in [-0.3, -0.25) is 24.2 Å². The molecule has 0 spiro atoms. The first-order valence-electron chi connectivity index (χ1n) is 11.0. The fourth-order valence-corrected chi connectivity index (χ4v) is 3.82. The number of Topliss-reactive ketones (excluding diaryl/α,β-unsaturated/α-hetero) is 1. The quantitative estimate of drug-likeness (QED) is 0.138. The molecule has 0 bridgehead atoms. The van der Waals surface area contributed by atoms with Crippen LogP contribution in [0.5, 0.6) is 5.75 Å². The average molecular weight is 539 g/mol. The molecule has 196 valence electrons. The van der Waals surface area contributed by atoms with Crippen molar-refractivity contribution in [2.45, 2.75) is 12.5 Å². The number of nitrogens with zero attached hydrogens (tertiary/aromatic N) is 2. The summed E-state index contributed by atoms with van der Waals surface area (Å²) in [4.78, 5) is 63.1. The van der Waals surface area contributed by atoms with Gasteiger partial charge in [0.15, 0.2) is 11.8 Å². The molecule has 0 saturated heterocycles. The molecule has 0 unspecified atom stereocenters. The number of benzene rings is 3. The first kappa shape index (κ1) is 27.8. The third-order valence-electron chi connectivity index (χ3n) is 5.67. The van der Waals surface area contributed by atoms with Crippen molar-refractivity contribution in [1.82, 2.24) is 5.01 Å². The fourth-order valence-electron chi connectivity index (χ4n) is 3.56. The lowest BCUT2D eigenvalue weighted by Crippen LogP contribution is -2.50. The number of anilines is 1. The minimum Gasteiger partial charge on any atom is -0.508 e. The molecule has 0 radical (unpaired) electrons. The molecule has 3 amide bonds. The second-order valence-electron chi connectivity index (χ2n) is 8.22. The van der Waals surface area contributed by atoms with E-state index in [2.05, 4.69) is 0 Å². The third-order valence-corrected chi connectivity index (χ3v) is 5.98. The van der Waals surface area contributed by atoms with Crippen LogP contribution in [0.4, 0.5) is 5.69 Å². The zero-order chi connectivity index (χ0) is 28.1. The lowest BCUT2D eigenvalue weighted by Gasteiger charge is -2.24. The van der Waals surface area contributed by atoms with Crippen LogP contribution >= 0.6 is 11.6 Å². The van der Waals surface area contributed by atoms with Crippen LogP contribution < -0.4 is 16.5 Å². The molecule has 3 rings (SSSR count). The summed E-state index contributed by atoms with van der Waals surface area (Å²) >= 11 is 6.25. The van der Waals surface area contributed by atoms with E-state index in [9.17, 15) is 34.2 Å². The molecular formula is C26H23ClN4O7. The molecular weight excluding hydrogens is 516 g/mol. The van der Waals surface area contributed by atoms with E-state index in [0.29, 0.717) is 10.7 Å². The number of carbonyl (C=O) groups is 5. The van der Waals surface area contributed by atoms with Gasteiger partial charge in [-0.2, -0.15) is 0 Å². The van der Waals surface area contributed by atoms with Crippen LogP contribution in [0.2, 0.25) is 5.02 Å². The molecule has 12 heteroatoms. The molecule has 11 nitrogen and oxygen atoms in total. The van der Waals surface area contributed by atoms with Gasteiger partial charge in [0.05, 0.1) is 10.6 Å². The lowest BCUT2D eigenvalue weighted by molar-refractivity contribution is -0.142. The van der Waals surface area contributed by atoms with E-state index in [4.69, 9.17) is 23.2 Å². The van der Waals surface area contributed by atoms with Gasteiger partial charge in [-0.15, -0.1) is 0 Å². The van der Waals surface area contributed by atoms with Crippen LogP contribution in [-0.2, 0) is 4.79 Å². The van der Waals surface area contributed by atoms with Crippen LogP contribution in [0.1, 0.15) is 47.9 Å². The highest BCUT2D eigenvalue weighted by Crippen LogP contribution is 2.24. The van der Waals surface area contributed by atoms with Crippen LogP contribution in [0.3, 0.4) is 0 Å². The smallest absolute Gasteiger partial charge is 0.328 e. The van der Waals surface area contributed by atoms with E-state index in [0.717, 1.165) is 0 Å². The largest absolute Gasteiger partial charge is 0.508 e. The number of amides is 3. The summed E-state index contributed by atoms with van der Waals surface area (Å²) in [6, 6.07) is 13.4. The SMILES string of the molecule is CN(C(=O)c1ccc(C(=O)N(N)[C@@H](CC(=O)c2cccc(C(N)=O)c2)C(=O)O)c(Cl)c1)c1cccc(O)c1. The van der Waals surface area contributed by atoms with Crippen molar-refractivity contribution in [3.05, 3.63) is 94.0 Å². The van der Waals surface area contributed by atoms with Gasteiger partial charge in [0, 0.05) is 41.9 Å². The number of phenolic OH excluding ortho intramolecular Hbond substituents is 1. The Labute approximate surface area is 221 Å². The number of hydrogen-bond donors (Lipinski definition) is 4. The maximum absolute atomic E-state index is 13.0. The molecule has 3 aromatic rings. The van der Waals surface area contributed by atoms with Crippen LogP contribution in [0.25, 0.3) is 0 Å². The second-order valence-corrected chi connectivity index (χ2v) is 8.62. The Morgan fingerprint density at radius 2 is 1.55 bits per heavy atom. The minimum absolute atomic E-state index is 0.0187. The number of carboxylic acids is 1. The highest BCUT2D eigenvalue weighted by atomic mass is 35.5. The van der Waals surface area contributed by atoms with Crippen LogP contribution in [0.15, 0.2) is 66.7 Å². The average Bonchev–Trinajstić information content (AvgIpc) is 2.89. The summed E-state index contributed by atoms with van der Waals surface area (Å²) in [5.74, 6) is 1.30. The van der Waals surface area contributed by atoms with Gasteiger partial charge in [-0.05, 0) is 42.5 Å². The summed E-state index contributed by atoms with van der Waals surface area (Å²) < 4.78 is 0. The highest BCUT2D eigenvalue weighted by molar-refractivity contribution is 6.34. The van der Waals surface area contributed by atoms with Crippen LogP contribution in [-0.4, -0.2) is 57.8 Å². The number of phenols is 1. The van der Waals surface area contributed by atoms with E-state index in [1.165, 1.54) is 66.5 Å². The molecule has 1 atom stereocenters. The van der Waals surface area contributed by atoms with E-state index in [-0.39, 0.29) is 33.0 Å². The number of hydrazine groups is 1. The number of carbonyl (C=O) groups excluding carboxylic acids is 4. The monoisotopic (exact) mass is 538 g/mol. The number of primary amides is 1. The van der Waals surface area contributed by atoms with Crippen molar-refractivity contribution in [1.29, 1.82) is 0 Å². The fraction of sp³-hybridized carbons (Fsp3) is 0.115. The predicted octanol–water partition coefficient (Wildman–Crippen LogP) is 2.46. The number of carboxylic acid groups (broad SMARTS) is 1. The topological polar surface area (TPSA) is 184 Å². The van der Waals surface area contributed by atoms with Crippen molar-refractivity contribution >= 4 is 46.8 Å². The zero-order valence-electron chi connectivity index (χ0n) is 20.0. The third kappa shape index (κ3) is 6.14. The number of halogens is 1. The maximum Gasteiger partial charge on any atom is 0.328 e. The Morgan fingerprint density at radius 1 is 0.895 bits per heavy atom. The summed E-state index contributed by atoms with van der Waals surface area (Å²) in [6.07, 6.45) is -0.692. The second kappa shape index (κ2) is 11.5. The van der Waals surface area contributed by atoms with Gasteiger partial charge in [-0.25, -0.2) is 10.6 Å². The van der Waals surface area contributed by atoms with Gasteiger partial charge >= 0.3 is 5.97 Å². The molecule has 3 aromatic carbocycles. The minimum atomic E-state index is -1.76. The van der Waals surface area contributed by atoms with E-state index in [1.54, 1.807) is 12.1 Å². The zero-order valence-corrected chi connectivity index (χ0v) is 20.8. The highest BCUT2D eigenvalue weighted by Gasteiger charge is 2.32. The van der Waals surface area contributed by atoms with Gasteiger partial charge in [0.25, 0.3) is 11.8 Å². The van der Waals surface area contributed by atoms with E-state index >= 15 is 0 Å². The Bertz CT molecular complexity index is 1440. The maximum atomic E-state index is 13.0. The van der Waals surface area contributed by atoms with Gasteiger partial charge < -0.3 is 20.8 Å². The number of nitrogens with two attached hydrogens (primary N) is 2. The molecule has 38 heavy (non-hydrogen) atoms. The summed E-state index contributed by atoms with van der Waals surface area (Å²) in [5.41, 5.74) is 5.62. The first-order chi connectivity index (χ1) is 17.9. The van der Waals surface area contributed by atoms with Crippen molar-refractivity contribution in [3.63, 3.8) is 0 Å². The first-order valence-corrected chi connectivity index (χ1v) is 11.4.